The lowest BCUT2D eigenvalue weighted by Crippen LogP contribution is -2.41. The molecule has 0 radical (unpaired) electrons. The quantitative estimate of drug-likeness (QED) is 0.341. The van der Waals surface area contributed by atoms with Gasteiger partial charge in [-0.25, -0.2) is 0 Å². The third-order valence-corrected chi connectivity index (χ3v) is 4.57. The average Bonchev–Trinajstić information content (AvgIpc) is 3.03. The van der Waals surface area contributed by atoms with E-state index in [1.54, 1.807) is 0 Å². The van der Waals surface area contributed by atoms with Crippen LogP contribution in [0.1, 0.15) is 31.7 Å². The molecule has 1 saturated heterocycles. The monoisotopic (exact) mass is 498 g/mol. The van der Waals surface area contributed by atoms with Crippen molar-refractivity contribution in [1.82, 2.24) is 15.5 Å². The topological polar surface area (TPSA) is 39.7 Å². The van der Waals surface area contributed by atoms with Gasteiger partial charge in [0.2, 0.25) is 0 Å². The summed E-state index contributed by atoms with van der Waals surface area (Å²) in [5.74, 6) is 1.25. The van der Waals surface area contributed by atoms with Crippen molar-refractivity contribution in [3.05, 3.63) is 35.9 Å². The van der Waals surface area contributed by atoms with Crippen LogP contribution in [0.15, 0.2) is 35.3 Å². The zero-order valence-electron chi connectivity index (χ0n) is 15.9. The van der Waals surface area contributed by atoms with Gasteiger partial charge in [0.25, 0.3) is 0 Å². The average molecular weight is 498 g/mol. The van der Waals surface area contributed by atoms with Crippen LogP contribution in [-0.4, -0.2) is 56.3 Å². The van der Waals surface area contributed by atoms with E-state index in [0.717, 1.165) is 18.9 Å². The van der Waals surface area contributed by atoms with E-state index in [1.807, 2.05) is 25.1 Å². The van der Waals surface area contributed by atoms with E-state index < -0.39 is 12.7 Å². The summed E-state index contributed by atoms with van der Waals surface area (Å²) in [7, 11) is 0. The van der Waals surface area contributed by atoms with Crippen molar-refractivity contribution in [1.29, 1.82) is 0 Å². The number of guanidine groups is 1. The van der Waals surface area contributed by atoms with Gasteiger partial charge < -0.3 is 10.6 Å². The van der Waals surface area contributed by atoms with Crippen molar-refractivity contribution in [2.24, 2.45) is 10.9 Å². The summed E-state index contributed by atoms with van der Waals surface area (Å²) in [5, 5.41) is 6.49. The van der Waals surface area contributed by atoms with Gasteiger partial charge in [0.15, 0.2) is 5.96 Å². The molecule has 0 spiro atoms. The first-order valence-electron chi connectivity index (χ1n) is 9.23. The van der Waals surface area contributed by atoms with Crippen molar-refractivity contribution in [3.8, 4) is 0 Å². The Bertz CT molecular complexity index is 566. The van der Waals surface area contributed by atoms with Gasteiger partial charge >= 0.3 is 6.18 Å². The SMILES string of the molecule is CCNC(=NCC(C)c1ccccc1)NCC1CCN(CC(F)(F)F)C1.I. The lowest BCUT2D eigenvalue weighted by molar-refractivity contribution is -0.143. The Morgan fingerprint density at radius 2 is 1.96 bits per heavy atom. The lowest BCUT2D eigenvalue weighted by atomic mass is 10.0. The highest BCUT2D eigenvalue weighted by molar-refractivity contribution is 14.0. The number of aliphatic imine (C=N–C) groups is 1. The zero-order valence-corrected chi connectivity index (χ0v) is 18.3. The van der Waals surface area contributed by atoms with Gasteiger partial charge in [-0.3, -0.25) is 9.89 Å². The summed E-state index contributed by atoms with van der Waals surface area (Å²) in [4.78, 5) is 6.11. The normalized spacial score (nSPS) is 19.4. The zero-order chi connectivity index (χ0) is 19.0. The van der Waals surface area contributed by atoms with Crippen LogP contribution in [0.25, 0.3) is 0 Å². The van der Waals surface area contributed by atoms with Gasteiger partial charge in [0.05, 0.1) is 6.54 Å². The first-order valence-corrected chi connectivity index (χ1v) is 9.23. The molecule has 1 aromatic rings. The third kappa shape index (κ3) is 9.14. The minimum Gasteiger partial charge on any atom is -0.357 e. The molecular formula is C19H30F3IN4. The maximum atomic E-state index is 12.5. The number of nitrogens with one attached hydrogen (secondary N) is 2. The number of nitrogens with zero attached hydrogens (tertiary/aromatic N) is 2. The largest absolute Gasteiger partial charge is 0.401 e. The molecule has 2 atom stereocenters. The van der Waals surface area contributed by atoms with E-state index in [9.17, 15) is 13.2 Å². The summed E-state index contributed by atoms with van der Waals surface area (Å²) >= 11 is 0. The van der Waals surface area contributed by atoms with Gasteiger partial charge in [-0.15, -0.1) is 24.0 Å². The van der Waals surface area contributed by atoms with E-state index in [-0.39, 0.29) is 29.9 Å². The van der Waals surface area contributed by atoms with Crippen molar-refractivity contribution in [3.63, 3.8) is 0 Å². The lowest BCUT2D eigenvalue weighted by Gasteiger charge is -2.19. The molecule has 0 aliphatic carbocycles. The van der Waals surface area contributed by atoms with Crippen LogP contribution < -0.4 is 10.6 Å². The molecule has 2 N–H and O–H groups in total. The van der Waals surface area contributed by atoms with Crippen molar-refractivity contribution < 1.29 is 13.2 Å². The highest BCUT2D eigenvalue weighted by atomic mass is 127. The molecule has 1 aromatic carbocycles. The highest BCUT2D eigenvalue weighted by Gasteiger charge is 2.34. The molecule has 0 bridgehead atoms. The fourth-order valence-corrected chi connectivity index (χ4v) is 3.17. The molecule has 0 amide bonds. The predicted molar refractivity (Wildman–Crippen MR) is 115 cm³/mol. The molecule has 2 unspecified atom stereocenters. The van der Waals surface area contributed by atoms with Gasteiger partial charge in [0.1, 0.15) is 0 Å². The minimum absolute atomic E-state index is 0. The van der Waals surface area contributed by atoms with Gasteiger partial charge in [-0.05, 0) is 31.4 Å². The molecule has 1 aliphatic heterocycles. The standard InChI is InChI=1S/C19H29F3N4.HI/c1-3-23-18(24-11-15(2)17-7-5-4-6-8-17)25-12-16-9-10-26(13-16)14-19(20,21)22;/h4-8,15-16H,3,9-14H2,1-2H3,(H2,23,24,25);1H. The highest BCUT2D eigenvalue weighted by Crippen LogP contribution is 2.22. The maximum absolute atomic E-state index is 12.5. The second-order valence-corrected chi connectivity index (χ2v) is 6.92. The Balaban J connectivity index is 0.00000364. The second-order valence-electron chi connectivity index (χ2n) is 6.92. The summed E-state index contributed by atoms with van der Waals surface area (Å²) in [6, 6.07) is 10.2. The number of likely N-dealkylation sites (tertiary alicyclic amines) is 1. The fraction of sp³-hybridized carbons (Fsp3) is 0.632. The van der Waals surface area contributed by atoms with E-state index in [1.165, 1.54) is 10.5 Å². The number of alkyl halides is 3. The first-order chi connectivity index (χ1) is 12.4. The smallest absolute Gasteiger partial charge is 0.357 e. The van der Waals surface area contributed by atoms with Crippen LogP contribution in [0.5, 0.6) is 0 Å². The summed E-state index contributed by atoms with van der Waals surface area (Å²) in [5.41, 5.74) is 1.24. The van der Waals surface area contributed by atoms with E-state index in [4.69, 9.17) is 0 Å². The van der Waals surface area contributed by atoms with Gasteiger partial charge in [-0.1, -0.05) is 37.3 Å². The van der Waals surface area contributed by atoms with Gasteiger partial charge in [-0.2, -0.15) is 13.2 Å². The molecule has 4 nitrogen and oxygen atoms in total. The van der Waals surface area contributed by atoms with Crippen molar-refractivity contribution >= 4 is 29.9 Å². The molecule has 1 aliphatic rings. The van der Waals surface area contributed by atoms with Crippen molar-refractivity contribution in [2.45, 2.75) is 32.4 Å². The molecule has 2 rings (SSSR count). The first kappa shape index (κ1) is 24.0. The Labute approximate surface area is 177 Å². The minimum atomic E-state index is -4.12. The third-order valence-electron chi connectivity index (χ3n) is 4.57. The van der Waals surface area contributed by atoms with Crippen LogP contribution in [0.4, 0.5) is 13.2 Å². The summed E-state index contributed by atoms with van der Waals surface area (Å²) in [6.07, 6.45) is -3.34. The molecule has 8 heteroatoms. The van der Waals surface area contributed by atoms with Crippen LogP contribution in [0.2, 0.25) is 0 Å². The number of hydrogen-bond donors (Lipinski definition) is 2. The molecule has 27 heavy (non-hydrogen) atoms. The Morgan fingerprint density at radius 1 is 1.26 bits per heavy atom. The van der Waals surface area contributed by atoms with E-state index in [2.05, 4.69) is 34.7 Å². The number of benzene rings is 1. The molecule has 154 valence electrons. The van der Waals surface area contributed by atoms with Gasteiger partial charge in [0, 0.05) is 32.1 Å². The molecular weight excluding hydrogens is 468 g/mol. The summed E-state index contributed by atoms with van der Waals surface area (Å²) < 4.78 is 37.4. The Morgan fingerprint density at radius 3 is 2.59 bits per heavy atom. The Hall–Kier alpha value is -1.03. The number of rotatable bonds is 7. The molecule has 0 aromatic heterocycles. The maximum Gasteiger partial charge on any atom is 0.401 e. The second kappa shape index (κ2) is 11.7. The van der Waals surface area contributed by atoms with Crippen LogP contribution in [0, 0.1) is 5.92 Å². The van der Waals surface area contributed by atoms with Crippen LogP contribution in [-0.2, 0) is 0 Å². The van der Waals surface area contributed by atoms with E-state index >= 15 is 0 Å². The van der Waals surface area contributed by atoms with Crippen LogP contribution in [0.3, 0.4) is 0 Å². The number of halogens is 4. The summed E-state index contributed by atoms with van der Waals surface area (Å²) in [6.45, 7) is 6.34. The fourth-order valence-electron chi connectivity index (χ4n) is 3.17. The molecule has 1 fully saturated rings. The molecule has 1 heterocycles. The Kier molecular flexibility index (Phi) is 10.4. The van der Waals surface area contributed by atoms with E-state index in [0.29, 0.717) is 32.1 Å². The molecule has 0 saturated carbocycles. The number of hydrogen-bond acceptors (Lipinski definition) is 2. The van der Waals surface area contributed by atoms with Crippen molar-refractivity contribution in [2.75, 3.05) is 39.3 Å². The van der Waals surface area contributed by atoms with Crippen LogP contribution >= 0.6 is 24.0 Å². The predicted octanol–water partition coefficient (Wildman–Crippen LogP) is 3.85.